The molecule has 2 nitrogen and oxygen atoms in total. The van der Waals surface area contributed by atoms with Gasteiger partial charge in [0.15, 0.2) is 9.84 Å². The average molecular weight is 345 g/mol. The molecule has 0 N–H and O–H groups in total. The first-order valence-corrected chi connectivity index (χ1v) is 7.80. The van der Waals surface area contributed by atoms with Crippen molar-refractivity contribution in [1.29, 1.82) is 0 Å². The van der Waals surface area contributed by atoms with Crippen LogP contribution in [0.4, 0.5) is 13.2 Å². The Kier molecular flexibility index (Phi) is 4.83. The Morgan fingerprint density at radius 2 is 1.94 bits per heavy atom. The third-order valence-corrected chi connectivity index (χ3v) is 5.11. The third-order valence-electron chi connectivity index (χ3n) is 2.22. The molecular formula is C11H12BrF3O2S. The Labute approximate surface area is 112 Å². The predicted octanol–water partition coefficient (Wildman–Crippen LogP) is 3.24. The maximum Gasteiger partial charge on any atom is 0.402 e. The van der Waals surface area contributed by atoms with Gasteiger partial charge in [0.05, 0.1) is 11.5 Å². The van der Waals surface area contributed by atoms with Crippen molar-refractivity contribution in [2.45, 2.75) is 23.7 Å². The summed E-state index contributed by atoms with van der Waals surface area (Å²) in [5.74, 6) is -1.34. The second-order valence-corrected chi connectivity index (χ2v) is 7.27. The van der Waals surface area contributed by atoms with Crippen LogP contribution in [0.5, 0.6) is 0 Å². The standard InChI is InChI=1S/C11H12BrF3O2S/c1-8-3-2-4-9(5-8)6-18(16,17)7-10(12)11(13,14)15/h2-5,10H,6-7H2,1H3. The smallest absolute Gasteiger partial charge is 0.228 e. The lowest BCUT2D eigenvalue weighted by molar-refractivity contribution is -0.123. The molecule has 1 unspecified atom stereocenters. The monoisotopic (exact) mass is 344 g/mol. The Morgan fingerprint density at radius 1 is 1.33 bits per heavy atom. The van der Waals surface area contributed by atoms with Crippen molar-refractivity contribution >= 4 is 25.8 Å². The maximum absolute atomic E-state index is 12.3. The summed E-state index contributed by atoms with van der Waals surface area (Å²) in [6.07, 6.45) is -4.56. The van der Waals surface area contributed by atoms with Gasteiger partial charge in [0.1, 0.15) is 4.83 Å². The topological polar surface area (TPSA) is 34.1 Å². The normalized spacial score (nSPS) is 14.5. The van der Waals surface area contributed by atoms with Gasteiger partial charge in [0.25, 0.3) is 0 Å². The molecule has 0 heterocycles. The number of sulfone groups is 1. The van der Waals surface area contributed by atoms with Gasteiger partial charge >= 0.3 is 6.18 Å². The van der Waals surface area contributed by atoms with Gasteiger partial charge in [-0.2, -0.15) is 13.2 Å². The van der Waals surface area contributed by atoms with Crippen molar-refractivity contribution in [1.82, 2.24) is 0 Å². The molecule has 0 aromatic heterocycles. The van der Waals surface area contributed by atoms with Crippen LogP contribution in [0.25, 0.3) is 0 Å². The molecular weight excluding hydrogens is 333 g/mol. The Balaban J connectivity index is 2.77. The summed E-state index contributed by atoms with van der Waals surface area (Å²) in [5, 5.41) is 0. The SMILES string of the molecule is Cc1cccc(CS(=O)(=O)CC(Br)C(F)(F)F)c1. The first-order chi connectivity index (χ1) is 8.10. The molecule has 1 atom stereocenters. The maximum atomic E-state index is 12.3. The van der Waals surface area contributed by atoms with Crippen molar-refractivity contribution in [2.75, 3.05) is 5.75 Å². The Bertz CT molecular complexity index is 511. The van der Waals surface area contributed by atoms with Gasteiger partial charge in [-0.15, -0.1) is 0 Å². The number of halogens is 4. The fourth-order valence-corrected chi connectivity index (χ4v) is 4.08. The van der Waals surface area contributed by atoms with E-state index >= 15 is 0 Å². The minimum Gasteiger partial charge on any atom is -0.228 e. The molecule has 0 fully saturated rings. The lowest BCUT2D eigenvalue weighted by atomic mass is 10.2. The summed E-state index contributed by atoms with van der Waals surface area (Å²) in [6.45, 7) is 1.79. The van der Waals surface area contributed by atoms with Crippen LogP contribution in [0.1, 0.15) is 11.1 Å². The lowest BCUT2D eigenvalue weighted by Crippen LogP contribution is -2.30. The number of aryl methyl sites for hydroxylation is 1. The molecule has 102 valence electrons. The molecule has 7 heteroatoms. The molecule has 0 aliphatic rings. The molecule has 1 aromatic carbocycles. The summed E-state index contributed by atoms with van der Waals surface area (Å²) in [7, 11) is -3.80. The van der Waals surface area contributed by atoms with Crippen LogP contribution in [0.3, 0.4) is 0 Å². The highest BCUT2D eigenvalue weighted by molar-refractivity contribution is 9.09. The van der Waals surface area contributed by atoms with Gasteiger partial charge in [-0.1, -0.05) is 45.8 Å². The van der Waals surface area contributed by atoms with Gasteiger partial charge in [0, 0.05) is 0 Å². The first-order valence-electron chi connectivity index (χ1n) is 5.07. The second kappa shape index (κ2) is 5.61. The summed E-state index contributed by atoms with van der Waals surface area (Å²) < 4.78 is 60.1. The van der Waals surface area contributed by atoms with Gasteiger partial charge in [0.2, 0.25) is 0 Å². The van der Waals surface area contributed by atoms with E-state index in [4.69, 9.17) is 0 Å². The zero-order valence-electron chi connectivity index (χ0n) is 9.54. The third kappa shape index (κ3) is 4.97. The van der Waals surface area contributed by atoms with Gasteiger partial charge < -0.3 is 0 Å². The van der Waals surface area contributed by atoms with Crippen molar-refractivity contribution in [2.24, 2.45) is 0 Å². The fourth-order valence-electron chi connectivity index (χ4n) is 1.43. The molecule has 0 saturated heterocycles. The zero-order chi connectivity index (χ0) is 14.0. The van der Waals surface area contributed by atoms with E-state index in [1.165, 1.54) is 0 Å². The minimum absolute atomic E-state index is 0.382. The van der Waals surface area contributed by atoms with Gasteiger partial charge in [-0.25, -0.2) is 8.42 Å². The van der Waals surface area contributed by atoms with E-state index in [1.807, 2.05) is 0 Å². The summed E-state index contributed by atoms with van der Waals surface area (Å²) >= 11 is 2.36. The molecule has 0 radical (unpaired) electrons. The summed E-state index contributed by atoms with van der Waals surface area (Å²) in [5.41, 5.74) is 1.37. The summed E-state index contributed by atoms with van der Waals surface area (Å²) in [4.78, 5) is -2.03. The van der Waals surface area contributed by atoms with Crippen LogP contribution in [0, 0.1) is 6.92 Å². The van der Waals surface area contributed by atoms with Crippen molar-refractivity contribution in [3.8, 4) is 0 Å². The van der Waals surface area contributed by atoms with Crippen LogP contribution in [-0.2, 0) is 15.6 Å². The van der Waals surface area contributed by atoms with Crippen LogP contribution in [0.15, 0.2) is 24.3 Å². The Hall–Kier alpha value is -0.560. The van der Waals surface area contributed by atoms with Crippen LogP contribution >= 0.6 is 15.9 Å². The molecule has 0 saturated carbocycles. The Morgan fingerprint density at radius 3 is 2.44 bits per heavy atom. The average Bonchev–Trinajstić information content (AvgIpc) is 2.13. The number of hydrogen-bond acceptors (Lipinski definition) is 2. The molecule has 1 rings (SSSR count). The van der Waals surface area contributed by atoms with E-state index in [0.717, 1.165) is 5.56 Å². The fraction of sp³-hybridized carbons (Fsp3) is 0.455. The molecule has 18 heavy (non-hydrogen) atoms. The van der Waals surface area contributed by atoms with Crippen LogP contribution in [-0.4, -0.2) is 25.2 Å². The van der Waals surface area contributed by atoms with E-state index in [9.17, 15) is 21.6 Å². The lowest BCUT2D eigenvalue weighted by Gasteiger charge is -2.14. The van der Waals surface area contributed by atoms with E-state index < -0.39 is 26.6 Å². The molecule has 1 aromatic rings. The molecule has 0 amide bonds. The highest BCUT2D eigenvalue weighted by atomic mass is 79.9. The summed E-state index contributed by atoms with van der Waals surface area (Å²) in [6, 6.07) is 6.70. The number of hydrogen-bond donors (Lipinski definition) is 0. The number of alkyl halides is 4. The molecule has 0 aliphatic carbocycles. The van der Waals surface area contributed by atoms with Gasteiger partial charge in [-0.3, -0.25) is 0 Å². The van der Waals surface area contributed by atoms with Crippen LogP contribution in [0.2, 0.25) is 0 Å². The van der Waals surface area contributed by atoms with Crippen LogP contribution < -0.4 is 0 Å². The van der Waals surface area contributed by atoms with E-state index in [0.29, 0.717) is 5.56 Å². The van der Waals surface area contributed by atoms with Crippen molar-refractivity contribution in [3.63, 3.8) is 0 Å². The first kappa shape index (κ1) is 15.5. The van der Waals surface area contributed by atoms with Crippen molar-refractivity contribution in [3.05, 3.63) is 35.4 Å². The zero-order valence-corrected chi connectivity index (χ0v) is 11.9. The largest absolute Gasteiger partial charge is 0.402 e. The van der Waals surface area contributed by atoms with E-state index in [1.54, 1.807) is 31.2 Å². The van der Waals surface area contributed by atoms with E-state index in [2.05, 4.69) is 15.9 Å². The molecule has 0 aliphatic heterocycles. The number of rotatable bonds is 4. The van der Waals surface area contributed by atoms with Gasteiger partial charge in [-0.05, 0) is 12.5 Å². The minimum atomic E-state index is -4.56. The second-order valence-electron chi connectivity index (χ2n) is 4.05. The number of benzene rings is 1. The van der Waals surface area contributed by atoms with E-state index in [-0.39, 0.29) is 5.75 Å². The molecule has 0 spiro atoms. The highest BCUT2D eigenvalue weighted by Crippen LogP contribution is 2.28. The molecule has 0 bridgehead atoms. The predicted molar refractivity (Wildman–Crippen MR) is 67.4 cm³/mol. The highest BCUT2D eigenvalue weighted by Gasteiger charge is 2.40. The quantitative estimate of drug-likeness (QED) is 0.786. The van der Waals surface area contributed by atoms with Crippen molar-refractivity contribution < 1.29 is 21.6 Å².